The van der Waals surface area contributed by atoms with Crippen molar-refractivity contribution in [3.63, 3.8) is 0 Å². The molecule has 0 saturated carbocycles. The van der Waals surface area contributed by atoms with Crippen LogP contribution >= 0.6 is 0 Å². The van der Waals surface area contributed by atoms with E-state index in [0.29, 0.717) is 30.8 Å². The number of rotatable bonds is 6. The Morgan fingerprint density at radius 3 is 2.74 bits per heavy atom. The van der Waals surface area contributed by atoms with E-state index in [-0.39, 0.29) is 23.4 Å². The van der Waals surface area contributed by atoms with Crippen molar-refractivity contribution in [2.75, 3.05) is 25.0 Å². The number of esters is 1. The summed E-state index contributed by atoms with van der Waals surface area (Å²) in [5.41, 5.74) is 3.67. The molecular formula is C27H31N3O4. The molecule has 1 aromatic heterocycles. The van der Waals surface area contributed by atoms with Gasteiger partial charge >= 0.3 is 5.97 Å². The lowest BCUT2D eigenvalue weighted by Crippen LogP contribution is -2.48. The van der Waals surface area contributed by atoms with Crippen LogP contribution in [0.1, 0.15) is 32.3 Å². The Kier molecular flexibility index (Phi) is 7.01. The number of anilines is 1. The number of piperidine rings is 1. The molecule has 1 aliphatic heterocycles. The molecule has 1 amide bonds. The highest BCUT2D eigenvalue weighted by molar-refractivity contribution is 5.98. The van der Waals surface area contributed by atoms with Crippen LogP contribution in [-0.4, -0.2) is 47.5 Å². The minimum absolute atomic E-state index is 0.0725. The number of H-pyrrole nitrogens is 1. The number of amides is 1. The molecular weight excluding hydrogens is 430 g/mol. The van der Waals surface area contributed by atoms with Gasteiger partial charge in [-0.2, -0.15) is 0 Å². The van der Waals surface area contributed by atoms with Crippen molar-refractivity contribution in [1.29, 1.82) is 0 Å². The largest absolute Gasteiger partial charge is 0.466 e. The van der Waals surface area contributed by atoms with Gasteiger partial charge in [-0.1, -0.05) is 30.3 Å². The van der Waals surface area contributed by atoms with Crippen LogP contribution in [0.25, 0.3) is 21.9 Å². The lowest BCUT2D eigenvalue weighted by molar-refractivity contribution is -0.151. The Bertz CT molecular complexity index is 1270. The maximum absolute atomic E-state index is 13.1. The van der Waals surface area contributed by atoms with Crippen LogP contribution in [0.2, 0.25) is 0 Å². The summed E-state index contributed by atoms with van der Waals surface area (Å²) < 4.78 is 5.14. The second-order valence-corrected chi connectivity index (χ2v) is 8.85. The number of ether oxygens (including phenoxy) is 1. The number of benzene rings is 2. The van der Waals surface area contributed by atoms with Crippen LogP contribution in [0, 0.1) is 12.8 Å². The molecule has 2 atom stereocenters. The Balaban J connectivity index is 1.54. The summed E-state index contributed by atoms with van der Waals surface area (Å²) in [6, 6.07) is 13.2. The third-order valence-corrected chi connectivity index (χ3v) is 6.44. The first-order chi connectivity index (χ1) is 16.4. The molecule has 7 heteroatoms. The number of aromatic nitrogens is 1. The summed E-state index contributed by atoms with van der Waals surface area (Å²) in [5, 5.41) is 4.66. The van der Waals surface area contributed by atoms with Gasteiger partial charge in [0, 0.05) is 35.9 Å². The molecule has 3 aromatic rings. The molecule has 178 valence electrons. The smallest absolute Gasteiger partial charge is 0.310 e. The Hall–Kier alpha value is -3.61. The lowest BCUT2D eigenvalue weighted by atomic mass is 9.97. The van der Waals surface area contributed by atoms with Crippen LogP contribution < -0.4 is 10.9 Å². The van der Waals surface area contributed by atoms with E-state index >= 15 is 0 Å². The summed E-state index contributed by atoms with van der Waals surface area (Å²) in [5.74, 6) is -0.584. The quantitative estimate of drug-likeness (QED) is 0.539. The molecule has 1 aliphatic rings. The Morgan fingerprint density at radius 2 is 1.97 bits per heavy atom. The second kappa shape index (κ2) is 10.1. The number of hydrogen-bond acceptors (Lipinski definition) is 5. The van der Waals surface area contributed by atoms with E-state index in [9.17, 15) is 14.4 Å². The van der Waals surface area contributed by atoms with Gasteiger partial charge in [0.25, 0.3) is 5.56 Å². The normalized spacial score (nSPS) is 16.8. The number of pyridine rings is 1. The molecule has 2 aromatic carbocycles. The first kappa shape index (κ1) is 23.5. The molecule has 0 unspecified atom stereocenters. The maximum Gasteiger partial charge on any atom is 0.310 e. The zero-order valence-corrected chi connectivity index (χ0v) is 19.9. The number of fused-ring (bicyclic) bond motifs is 1. The molecule has 0 radical (unpaired) electrons. The molecule has 1 saturated heterocycles. The number of carbonyl (C=O) groups is 2. The van der Waals surface area contributed by atoms with Gasteiger partial charge in [0.2, 0.25) is 5.91 Å². The summed E-state index contributed by atoms with van der Waals surface area (Å²) in [4.78, 5) is 42.4. The molecule has 34 heavy (non-hydrogen) atoms. The molecule has 7 nitrogen and oxygen atoms in total. The summed E-state index contributed by atoms with van der Waals surface area (Å²) >= 11 is 0. The minimum atomic E-state index is -0.503. The molecule has 2 N–H and O–H groups in total. The van der Waals surface area contributed by atoms with Gasteiger partial charge in [0.15, 0.2) is 0 Å². The molecule has 2 heterocycles. The second-order valence-electron chi connectivity index (χ2n) is 8.85. The van der Waals surface area contributed by atoms with Crippen LogP contribution in [0.4, 0.5) is 5.69 Å². The van der Waals surface area contributed by atoms with Crippen molar-refractivity contribution in [2.24, 2.45) is 5.92 Å². The molecule has 0 spiro atoms. The monoisotopic (exact) mass is 461 g/mol. The van der Waals surface area contributed by atoms with Gasteiger partial charge in [0.05, 0.1) is 12.5 Å². The van der Waals surface area contributed by atoms with Crippen molar-refractivity contribution in [2.45, 2.75) is 39.7 Å². The first-order valence-electron chi connectivity index (χ1n) is 11.8. The number of hydrogen-bond donors (Lipinski definition) is 2. The van der Waals surface area contributed by atoms with E-state index in [1.807, 2.05) is 43.3 Å². The van der Waals surface area contributed by atoms with E-state index in [1.54, 1.807) is 31.0 Å². The van der Waals surface area contributed by atoms with Crippen LogP contribution in [-0.2, 0) is 14.3 Å². The predicted octanol–water partition coefficient (Wildman–Crippen LogP) is 4.11. The zero-order chi connectivity index (χ0) is 24.2. The average Bonchev–Trinajstić information content (AvgIpc) is 2.85. The van der Waals surface area contributed by atoms with Crippen LogP contribution in [0.3, 0.4) is 0 Å². The van der Waals surface area contributed by atoms with E-state index < -0.39 is 6.04 Å². The topological polar surface area (TPSA) is 91.5 Å². The number of aryl methyl sites for hydroxylation is 1. The zero-order valence-electron chi connectivity index (χ0n) is 19.9. The number of nitrogens with one attached hydrogen (secondary N) is 2. The fourth-order valence-electron chi connectivity index (χ4n) is 4.66. The van der Waals surface area contributed by atoms with Crippen LogP contribution in [0.5, 0.6) is 0 Å². The highest BCUT2D eigenvalue weighted by atomic mass is 16.5. The summed E-state index contributed by atoms with van der Waals surface area (Å²) in [6.07, 6.45) is 3.26. The van der Waals surface area contributed by atoms with Gasteiger partial charge in [-0.3, -0.25) is 14.4 Å². The van der Waals surface area contributed by atoms with Crippen molar-refractivity contribution in [3.8, 4) is 11.1 Å². The van der Waals surface area contributed by atoms with E-state index in [1.165, 1.54) is 0 Å². The highest BCUT2D eigenvalue weighted by Crippen LogP contribution is 2.30. The number of aromatic amines is 1. The van der Waals surface area contributed by atoms with Crippen LogP contribution in [0.15, 0.2) is 53.5 Å². The van der Waals surface area contributed by atoms with Gasteiger partial charge in [-0.15, -0.1) is 0 Å². The molecule has 0 bridgehead atoms. The highest BCUT2D eigenvalue weighted by Gasteiger charge is 2.31. The van der Waals surface area contributed by atoms with E-state index in [2.05, 4.69) is 10.3 Å². The molecule has 1 fully saturated rings. The molecule has 4 rings (SSSR count). The minimum Gasteiger partial charge on any atom is -0.466 e. The standard InChI is InChI=1S/C27H31N3O4/c1-4-34-27(33)19-9-7-13-30(16-19)26(32)18(3)29-20-11-12-22-23(14-20)25(31)28-15-24(22)21-10-6-5-8-17(21)2/h5-6,8,10-12,14-15,18-19,29H,4,7,9,13,16H2,1-3H3,(H,28,31)/t18-,19-/m0/s1. The SMILES string of the molecule is CCOC(=O)[C@H]1CCCN(C(=O)[C@H](C)Nc2ccc3c(-c4ccccc4C)c[nH]c(=O)c3c2)C1. The van der Waals surface area contributed by atoms with E-state index in [0.717, 1.165) is 34.9 Å². The third kappa shape index (κ3) is 4.83. The van der Waals surface area contributed by atoms with Crippen molar-refractivity contribution >= 4 is 28.3 Å². The maximum atomic E-state index is 13.1. The van der Waals surface area contributed by atoms with Crippen molar-refractivity contribution in [1.82, 2.24) is 9.88 Å². The average molecular weight is 462 g/mol. The third-order valence-electron chi connectivity index (χ3n) is 6.44. The molecule has 0 aliphatic carbocycles. The first-order valence-corrected chi connectivity index (χ1v) is 11.8. The fourth-order valence-corrected chi connectivity index (χ4v) is 4.66. The fraction of sp³-hybridized carbons (Fsp3) is 0.370. The Labute approximate surface area is 199 Å². The van der Waals surface area contributed by atoms with Gasteiger partial charge in [0.1, 0.15) is 6.04 Å². The van der Waals surface area contributed by atoms with Gasteiger partial charge in [-0.25, -0.2) is 0 Å². The summed E-state index contributed by atoms with van der Waals surface area (Å²) in [6.45, 7) is 6.97. The summed E-state index contributed by atoms with van der Waals surface area (Å²) in [7, 11) is 0. The number of carbonyl (C=O) groups excluding carboxylic acids is 2. The number of nitrogens with zero attached hydrogens (tertiary/aromatic N) is 1. The predicted molar refractivity (Wildman–Crippen MR) is 134 cm³/mol. The van der Waals surface area contributed by atoms with Crippen molar-refractivity contribution < 1.29 is 14.3 Å². The van der Waals surface area contributed by atoms with Crippen molar-refractivity contribution in [3.05, 3.63) is 64.6 Å². The van der Waals surface area contributed by atoms with Gasteiger partial charge < -0.3 is 19.9 Å². The van der Waals surface area contributed by atoms with E-state index in [4.69, 9.17) is 4.74 Å². The number of likely N-dealkylation sites (tertiary alicyclic amines) is 1. The lowest BCUT2D eigenvalue weighted by Gasteiger charge is -2.33. The Morgan fingerprint density at radius 1 is 1.18 bits per heavy atom. The van der Waals surface area contributed by atoms with Gasteiger partial charge in [-0.05, 0) is 62.3 Å².